The lowest BCUT2D eigenvalue weighted by Gasteiger charge is -2.12. The smallest absolute Gasteiger partial charge is 0.309 e. The highest BCUT2D eigenvalue weighted by molar-refractivity contribution is 6.35. The molecule has 0 bridgehead atoms. The zero-order valence-corrected chi connectivity index (χ0v) is 14.6. The number of hydrogen-bond acceptors (Lipinski definition) is 4. The van der Waals surface area contributed by atoms with E-state index in [1.54, 1.807) is 25.3 Å². The Balaban J connectivity index is 1.53. The molecule has 136 valence electrons. The minimum Gasteiger partial charge on any atom is -0.496 e. The van der Waals surface area contributed by atoms with Crippen LogP contribution in [0.3, 0.4) is 0 Å². The van der Waals surface area contributed by atoms with Gasteiger partial charge in [-0.15, -0.1) is 0 Å². The van der Waals surface area contributed by atoms with Gasteiger partial charge in [-0.2, -0.15) is 0 Å². The second-order valence-electron chi connectivity index (χ2n) is 6.34. The highest BCUT2D eigenvalue weighted by Crippen LogP contribution is 2.30. The molecule has 26 heavy (non-hydrogen) atoms. The highest BCUT2D eigenvalue weighted by Gasteiger charge is 2.27. The Labute approximate surface area is 152 Å². The summed E-state index contributed by atoms with van der Waals surface area (Å²) in [5.41, 5.74) is 3.81. The molecule has 0 aromatic heterocycles. The van der Waals surface area contributed by atoms with Gasteiger partial charge < -0.3 is 20.5 Å². The van der Waals surface area contributed by atoms with E-state index in [1.807, 2.05) is 24.3 Å². The minimum atomic E-state index is -0.665. The summed E-state index contributed by atoms with van der Waals surface area (Å²) < 4.78 is 5.35. The second-order valence-corrected chi connectivity index (χ2v) is 6.34. The normalized spacial score (nSPS) is 15.2. The molecular formula is C20H22N2O4. The van der Waals surface area contributed by atoms with Crippen LogP contribution in [0.5, 0.6) is 5.75 Å². The third-order valence-corrected chi connectivity index (χ3v) is 4.54. The lowest BCUT2D eigenvalue weighted by Crippen LogP contribution is -2.44. The zero-order chi connectivity index (χ0) is 18.5. The molecule has 3 rings (SSSR count). The van der Waals surface area contributed by atoms with Crippen LogP contribution in [0, 0.1) is 0 Å². The Morgan fingerprint density at radius 1 is 1.12 bits per heavy atom. The van der Waals surface area contributed by atoms with Crippen LogP contribution in [0.15, 0.2) is 42.5 Å². The Hall–Kier alpha value is -2.86. The van der Waals surface area contributed by atoms with Crippen molar-refractivity contribution >= 4 is 11.8 Å². The summed E-state index contributed by atoms with van der Waals surface area (Å²) in [6, 6.07) is 12.9. The first-order valence-electron chi connectivity index (χ1n) is 8.53. The zero-order valence-electron chi connectivity index (χ0n) is 14.6. The molecule has 1 aliphatic rings. The summed E-state index contributed by atoms with van der Waals surface area (Å²) in [6.07, 6.45) is 1.33. The minimum absolute atomic E-state index is 0.0615. The molecular weight excluding hydrogens is 332 g/mol. The van der Waals surface area contributed by atoms with Crippen molar-refractivity contribution in [2.24, 2.45) is 0 Å². The predicted octanol–water partition coefficient (Wildman–Crippen LogP) is 1.09. The van der Waals surface area contributed by atoms with Crippen molar-refractivity contribution in [1.82, 2.24) is 10.6 Å². The maximum Gasteiger partial charge on any atom is 0.309 e. The number of benzene rings is 2. The third kappa shape index (κ3) is 4.03. The van der Waals surface area contributed by atoms with Gasteiger partial charge in [-0.25, -0.2) is 0 Å². The van der Waals surface area contributed by atoms with Gasteiger partial charge >= 0.3 is 11.8 Å². The molecule has 0 heterocycles. The first-order valence-corrected chi connectivity index (χ1v) is 8.53. The Kier molecular flexibility index (Phi) is 5.53. The molecule has 0 spiro atoms. The van der Waals surface area contributed by atoms with E-state index in [9.17, 15) is 9.59 Å². The predicted molar refractivity (Wildman–Crippen MR) is 96.5 cm³/mol. The van der Waals surface area contributed by atoms with E-state index in [1.165, 1.54) is 0 Å². The van der Waals surface area contributed by atoms with Crippen molar-refractivity contribution in [3.05, 3.63) is 64.7 Å². The van der Waals surface area contributed by atoms with E-state index >= 15 is 0 Å². The molecule has 0 fully saturated rings. The molecule has 2 amide bonds. The molecule has 6 nitrogen and oxygen atoms in total. The van der Waals surface area contributed by atoms with Crippen molar-refractivity contribution in [2.75, 3.05) is 7.11 Å². The molecule has 0 radical (unpaired) electrons. The van der Waals surface area contributed by atoms with E-state index in [-0.39, 0.29) is 19.2 Å². The Morgan fingerprint density at radius 3 is 2.65 bits per heavy atom. The number of rotatable bonds is 5. The molecule has 2 aromatic rings. The summed E-state index contributed by atoms with van der Waals surface area (Å²) in [5.74, 6) is -0.491. The standard InChI is InChI=1S/C20H22N2O4/c1-26-18-7-3-6-15-9-16(10-17(15)18)22-20(25)19(24)21-11-13-4-2-5-14(8-13)12-23/h2-8,16,23H,9-12H2,1H3,(H,21,24)(H,22,25). The summed E-state index contributed by atoms with van der Waals surface area (Å²) in [6.45, 7) is 0.173. The lowest BCUT2D eigenvalue weighted by molar-refractivity contribution is -0.139. The van der Waals surface area contributed by atoms with Crippen LogP contribution >= 0.6 is 0 Å². The van der Waals surface area contributed by atoms with Crippen LogP contribution in [0.2, 0.25) is 0 Å². The van der Waals surface area contributed by atoms with Crippen molar-refractivity contribution in [1.29, 1.82) is 0 Å². The molecule has 2 aromatic carbocycles. The average molecular weight is 354 g/mol. The van der Waals surface area contributed by atoms with Gasteiger partial charge in [0.25, 0.3) is 0 Å². The van der Waals surface area contributed by atoms with Crippen LogP contribution in [0.4, 0.5) is 0 Å². The van der Waals surface area contributed by atoms with Gasteiger partial charge in [0.2, 0.25) is 0 Å². The summed E-state index contributed by atoms with van der Waals surface area (Å²) >= 11 is 0. The highest BCUT2D eigenvalue weighted by atomic mass is 16.5. The number of carbonyl (C=O) groups is 2. The molecule has 0 saturated carbocycles. The number of aliphatic hydroxyl groups is 1. The summed E-state index contributed by atoms with van der Waals surface area (Å²) in [4.78, 5) is 24.2. The van der Waals surface area contributed by atoms with Gasteiger partial charge in [-0.3, -0.25) is 9.59 Å². The number of carbonyl (C=O) groups excluding carboxylic acids is 2. The van der Waals surface area contributed by atoms with Crippen molar-refractivity contribution < 1.29 is 19.4 Å². The first kappa shape index (κ1) is 17.9. The maximum absolute atomic E-state index is 12.2. The van der Waals surface area contributed by atoms with Crippen LogP contribution in [0.1, 0.15) is 22.3 Å². The van der Waals surface area contributed by atoms with Crippen LogP contribution in [-0.2, 0) is 35.6 Å². The first-order chi connectivity index (χ1) is 12.6. The fourth-order valence-corrected chi connectivity index (χ4v) is 3.26. The van der Waals surface area contributed by atoms with Crippen LogP contribution in [-0.4, -0.2) is 30.1 Å². The third-order valence-electron chi connectivity index (χ3n) is 4.54. The van der Waals surface area contributed by atoms with Crippen LogP contribution < -0.4 is 15.4 Å². The monoisotopic (exact) mass is 354 g/mol. The Morgan fingerprint density at radius 2 is 1.88 bits per heavy atom. The molecule has 1 aliphatic carbocycles. The topological polar surface area (TPSA) is 87.7 Å². The lowest BCUT2D eigenvalue weighted by atomic mass is 10.1. The van der Waals surface area contributed by atoms with E-state index < -0.39 is 11.8 Å². The average Bonchev–Trinajstić information content (AvgIpc) is 3.08. The number of aliphatic hydroxyl groups excluding tert-OH is 1. The van der Waals surface area contributed by atoms with Crippen molar-refractivity contribution in [2.45, 2.75) is 32.0 Å². The van der Waals surface area contributed by atoms with E-state index in [2.05, 4.69) is 10.6 Å². The van der Waals surface area contributed by atoms with Gasteiger partial charge in [0.05, 0.1) is 13.7 Å². The van der Waals surface area contributed by atoms with Crippen molar-refractivity contribution in [3.8, 4) is 5.75 Å². The van der Waals surface area contributed by atoms with Gasteiger partial charge in [-0.1, -0.05) is 36.4 Å². The largest absolute Gasteiger partial charge is 0.496 e. The second kappa shape index (κ2) is 8.01. The quantitative estimate of drug-likeness (QED) is 0.702. The summed E-state index contributed by atoms with van der Waals surface area (Å²) in [5, 5.41) is 14.5. The fraction of sp³-hybridized carbons (Fsp3) is 0.300. The molecule has 0 aliphatic heterocycles. The number of nitrogens with one attached hydrogen (secondary N) is 2. The number of amides is 2. The molecule has 1 unspecified atom stereocenters. The number of methoxy groups -OCH3 is 1. The maximum atomic E-state index is 12.2. The van der Waals surface area contributed by atoms with Crippen LogP contribution in [0.25, 0.3) is 0 Å². The van der Waals surface area contributed by atoms with Gasteiger partial charge in [-0.05, 0) is 41.2 Å². The number of ether oxygens (including phenoxy) is 1. The number of fused-ring (bicyclic) bond motifs is 1. The van der Waals surface area contributed by atoms with Gasteiger partial charge in [0.1, 0.15) is 5.75 Å². The van der Waals surface area contributed by atoms with E-state index in [0.717, 1.165) is 28.0 Å². The van der Waals surface area contributed by atoms with Crippen molar-refractivity contribution in [3.63, 3.8) is 0 Å². The summed E-state index contributed by atoms with van der Waals surface area (Å²) in [7, 11) is 1.63. The fourth-order valence-electron chi connectivity index (χ4n) is 3.26. The molecule has 0 saturated heterocycles. The SMILES string of the molecule is COc1cccc2c1CC(NC(=O)C(=O)NCc1cccc(CO)c1)C2. The molecule has 6 heteroatoms. The number of hydrogen-bond donors (Lipinski definition) is 3. The molecule has 1 atom stereocenters. The van der Waals surface area contributed by atoms with Gasteiger partial charge in [0, 0.05) is 12.6 Å². The van der Waals surface area contributed by atoms with Gasteiger partial charge in [0.15, 0.2) is 0 Å². The Bertz CT molecular complexity index is 819. The van der Waals surface area contributed by atoms with E-state index in [4.69, 9.17) is 9.84 Å². The molecule has 3 N–H and O–H groups in total. The van der Waals surface area contributed by atoms with E-state index in [0.29, 0.717) is 12.8 Å².